The fourth-order valence-electron chi connectivity index (χ4n) is 4.35. The van der Waals surface area contributed by atoms with Crippen LogP contribution in [-0.2, 0) is 0 Å². The number of fused-ring (bicyclic) bond motifs is 8. The van der Waals surface area contributed by atoms with Crippen molar-refractivity contribution in [3.05, 3.63) is 94.0 Å². The van der Waals surface area contributed by atoms with Crippen LogP contribution in [0.25, 0.3) is 22.6 Å². The van der Waals surface area contributed by atoms with E-state index in [1.165, 1.54) is 23.1 Å². The summed E-state index contributed by atoms with van der Waals surface area (Å²) in [6, 6.07) is 18.2. The molecular formula is C24H15FN4O3. The lowest BCUT2D eigenvalue weighted by atomic mass is 10.1. The first-order chi connectivity index (χ1) is 15.6. The van der Waals surface area contributed by atoms with Crippen molar-refractivity contribution < 1.29 is 13.9 Å². The number of hydrogen-bond acceptors (Lipinski definition) is 5. The minimum Gasteiger partial charge on any atom is -0.497 e. The maximum Gasteiger partial charge on any atom is 0.300 e. The van der Waals surface area contributed by atoms with Gasteiger partial charge in [-0.25, -0.2) is 9.07 Å². The number of amides is 1. The normalized spacial score (nSPS) is 15.6. The standard InChI is InChI=1S/C24H15FN4O3/c1-32-15-9-6-13(7-10-15)20-22(30)26-21-18-11-8-14(25)12-19(18)28-23(29(21)27-20)16-4-2-3-5-17(16)24(28)31/h2-12,23H,1H3. The lowest BCUT2D eigenvalue weighted by Crippen LogP contribution is -2.39. The zero-order valence-electron chi connectivity index (χ0n) is 16.8. The summed E-state index contributed by atoms with van der Waals surface area (Å²) < 4.78 is 20.9. The van der Waals surface area contributed by atoms with Crippen molar-refractivity contribution in [2.45, 2.75) is 6.17 Å². The second-order valence-corrected chi connectivity index (χ2v) is 7.56. The summed E-state index contributed by atoms with van der Waals surface area (Å²) in [6.07, 6.45) is -0.673. The number of aromatic nitrogens is 3. The summed E-state index contributed by atoms with van der Waals surface area (Å²) >= 11 is 0. The van der Waals surface area contributed by atoms with Crippen LogP contribution in [0, 0.1) is 5.82 Å². The van der Waals surface area contributed by atoms with Gasteiger partial charge in [0.15, 0.2) is 17.7 Å². The fraction of sp³-hybridized carbons (Fsp3) is 0.0833. The summed E-state index contributed by atoms with van der Waals surface area (Å²) in [5.74, 6) is 0.199. The predicted octanol–water partition coefficient (Wildman–Crippen LogP) is 3.64. The van der Waals surface area contributed by atoms with Gasteiger partial charge in [0.2, 0.25) is 0 Å². The number of benzene rings is 3. The van der Waals surface area contributed by atoms with E-state index in [4.69, 9.17) is 4.74 Å². The first-order valence-electron chi connectivity index (χ1n) is 9.94. The number of methoxy groups -OCH3 is 1. The Bertz CT molecular complexity index is 1480. The topological polar surface area (TPSA) is 77.3 Å². The molecule has 8 heteroatoms. The van der Waals surface area contributed by atoms with E-state index in [1.54, 1.807) is 48.2 Å². The molecule has 4 aromatic rings. The lowest BCUT2D eigenvalue weighted by Gasteiger charge is -2.34. The molecule has 3 aromatic carbocycles. The minimum absolute atomic E-state index is 0.152. The van der Waals surface area contributed by atoms with Crippen LogP contribution < -0.4 is 15.2 Å². The van der Waals surface area contributed by atoms with Crippen LogP contribution >= 0.6 is 0 Å². The first kappa shape index (κ1) is 18.4. The maximum atomic E-state index is 14.2. The Balaban J connectivity index is 1.64. The largest absolute Gasteiger partial charge is 0.497 e. The molecule has 32 heavy (non-hydrogen) atoms. The molecule has 2 aliphatic rings. The van der Waals surface area contributed by atoms with Crippen molar-refractivity contribution in [2.75, 3.05) is 12.0 Å². The third-order valence-corrected chi connectivity index (χ3v) is 5.82. The summed E-state index contributed by atoms with van der Waals surface area (Å²) in [5.41, 5.74) is 2.27. The van der Waals surface area contributed by atoms with Gasteiger partial charge in [0.25, 0.3) is 11.5 Å². The molecule has 0 saturated carbocycles. The highest BCUT2D eigenvalue weighted by molar-refractivity contribution is 6.13. The zero-order valence-corrected chi connectivity index (χ0v) is 16.8. The van der Waals surface area contributed by atoms with Crippen molar-refractivity contribution in [1.82, 2.24) is 14.8 Å². The molecule has 0 saturated heterocycles. The molecular weight excluding hydrogens is 411 g/mol. The van der Waals surface area contributed by atoms with Crippen molar-refractivity contribution in [3.63, 3.8) is 0 Å². The maximum absolute atomic E-state index is 14.2. The zero-order chi connectivity index (χ0) is 22.0. The smallest absolute Gasteiger partial charge is 0.300 e. The average molecular weight is 426 g/mol. The van der Waals surface area contributed by atoms with Crippen molar-refractivity contribution in [2.24, 2.45) is 0 Å². The van der Waals surface area contributed by atoms with E-state index in [1.807, 2.05) is 12.1 Å². The molecule has 1 atom stereocenters. The van der Waals surface area contributed by atoms with E-state index in [9.17, 15) is 14.0 Å². The van der Waals surface area contributed by atoms with Crippen molar-refractivity contribution >= 4 is 11.6 Å². The van der Waals surface area contributed by atoms with Gasteiger partial charge in [-0.1, -0.05) is 18.2 Å². The van der Waals surface area contributed by atoms with Gasteiger partial charge in [0.05, 0.1) is 12.8 Å². The number of rotatable bonds is 2. The summed E-state index contributed by atoms with van der Waals surface area (Å²) in [4.78, 5) is 32.0. The molecule has 0 fully saturated rings. The molecule has 1 unspecified atom stereocenters. The quantitative estimate of drug-likeness (QED) is 0.489. The van der Waals surface area contributed by atoms with Crippen LogP contribution in [0.2, 0.25) is 0 Å². The molecule has 156 valence electrons. The molecule has 0 spiro atoms. The Kier molecular flexibility index (Phi) is 3.79. The molecule has 0 N–H and O–H groups in total. The fourth-order valence-corrected chi connectivity index (χ4v) is 4.35. The lowest BCUT2D eigenvalue weighted by molar-refractivity contribution is 0.0986. The van der Waals surface area contributed by atoms with E-state index < -0.39 is 17.5 Å². The second kappa shape index (κ2) is 6.58. The van der Waals surface area contributed by atoms with E-state index in [0.29, 0.717) is 33.7 Å². The van der Waals surface area contributed by atoms with Gasteiger partial charge < -0.3 is 4.74 Å². The van der Waals surface area contributed by atoms with Gasteiger partial charge in [-0.3, -0.25) is 14.5 Å². The number of hydrogen-bond donors (Lipinski definition) is 0. The minimum atomic E-state index is -0.673. The van der Waals surface area contributed by atoms with Crippen LogP contribution in [-0.4, -0.2) is 27.8 Å². The second-order valence-electron chi connectivity index (χ2n) is 7.56. The van der Waals surface area contributed by atoms with Crippen LogP contribution in [0.4, 0.5) is 10.1 Å². The summed E-state index contributed by atoms with van der Waals surface area (Å²) in [7, 11) is 1.56. The molecule has 7 nitrogen and oxygen atoms in total. The van der Waals surface area contributed by atoms with E-state index in [-0.39, 0.29) is 17.4 Å². The van der Waals surface area contributed by atoms with Crippen molar-refractivity contribution in [1.29, 1.82) is 0 Å². The monoisotopic (exact) mass is 426 g/mol. The van der Waals surface area contributed by atoms with Gasteiger partial charge in [0.1, 0.15) is 11.6 Å². The Hall–Kier alpha value is -4.33. The molecule has 0 bridgehead atoms. The SMILES string of the molecule is COc1ccc(-c2nn3c(nc2=O)-c2ccc(F)cc2N2C(=O)c4ccccc4C23)cc1. The van der Waals surface area contributed by atoms with E-state index >= 15 is 0 Å². The Labute approximate surface area is 181 Å². The summed E-state index contributed by atoms with van der Waals surface area (Å²) in [5, 5.41) is 4.65. The highest BCUT2D eigenvalue weighted by Gasteiger charge is 2.44. The Morgan fingerprint density at radius 2 is 1.75 bits per heavy atom. The molecule has 0 radical (unpaired) electrons. The number of ether oxygens (including phenoxy) is 1. The predicted molar refractivity (Wildman–Crippen MR) is 115 cm³/mol. The highest BCUT2D eigenvalue weighted by atomic mass is 19.1. The number of carbonyl (C=O) groups excluding carboxylic acids is 1. The van der Waals surface area contributed by atoms with Crippen LogP contribution in [0.1, 0.15) is 22.1 Å². The molecule has 1 aromatic heterocycles. The van der Waals surface area contributed by atoms with Crippen LogP contribution in [0.5, 0.6) is 5.75 Å². The van der Waals surface area contributed by atoms with Gasteiger partial charge >= 0.3 is 0 Å². The van der Waals surface area contributed by atoms with Gasteiger partial charge in [0, 0.05) is 22.3 Å². The Morgan fingerprint density at radius 3 is 2.53 bits per heavy atom. The van der Waals surface area contributed by atoms with E-state index in [2.05, 4.69) is 10.1 Å². The molecule has 2 aliphatic heterocycles. The molecule has 6 rings (SSSR count). The number of carbonyl (C=O) groups is 1. The van der Waals surface area contributed by atoms with Crippen LogP contribution in [0.3, 0.4) is 0 Å². The highest BCUT2D eigenvalue weighted by Crippen LogP contribution is 2.46. The number of halogens is 1. The molecule has 0 aliphatic carbocycles. The van der Waals surface area contributed by atoms with Gasteiger partial charge in [-0.15, -0.1) is 0 Å². The van der Waals surface area contributed by atoms with Gasteiger partial charge in [-0.2, -0.15) is 10.1 Å². The molecule has 3 heterocycles. The molecule has 1 amide bonds. The first-order valence-corrected chi connectivity index (χ1v) is 9.94. The van der Waals surface area contributed by atoms with Crippen LogP contribution in [0.15, 0.2) is 71.5 Å². The third kappa shape index (κ3) is 2.46. The van der Waals surface area contributed by atoms with Crippen molar-refractivity contribution in [3.8, 4) is 28.4 Å². The van der Waals surface area contributed by atoms with Gasteiger partial charge in [-0.05, 0) is 48.5 Å². The van der Waals surface area contributed by atoms with E-state index in [0.717, 1.165) is 0 Å². The number of anilines is 1. The summed E-state index contributed by atoms with van der Waals surface area (Å²) in [6.45, 7) is 0. The third-order valence-electron chi connectivity index (χ3n) is 5.82. The Morgan fingerprint density at radius 1 is 0.969 bits per heavy atom. The number of nitrogens with zero attached hydrogens (tertiary/aromatic N) is 4. The average Bonchev–Trinajstić information content (AvgIpc) is 3.12.